The molecule has 0 aliphatic carbocycles. The third-order valence-electron chi connectivity index (χ3n) is 2.58. The number of hydrogen-bond acceptors (Lipinski definition) is 3. The zero-order chi connectivity index (χ0) is 13.7. The summed E-state index contributed by atoms with van der Waals surface area (Å²) in [6, 6.07) is 9.66. The van der Waals surface area contributed by atoms with Gasteiger partial charge in [0.25, 0.3) is 0 Å². The first-order chi connectivity index (χ1) is 9.24. The van der Waals surface area contributed by atoms with Crippen molar-refractivity contribution in [1.82, 2.24) is 4.98 Å². The van der Waals surface area contributed by atoms with Crippen LogP contribution >= 0.6 is 22.6 Å². The molecule has 0 spiro atoms. The molecule has 98 valence electrons. The summed E-state index contributed by atoms with van der Waals surface area (Å²) >= 11 is 2.23. The standard InChI is InChI=1S/C15H14INO2/c1-3-11-8-13(16)15(14(9-11)18-2)19-10-12-6-4-5-7-17-12/h3-9H,1,10H2,2H3. The van der Waals surface area contributed by atoms with Gasteiger partial charge in [0.1, 0.15) is 6.61 Å². The second kappa shape index (κ2) is 6.56. The second-order valence-corrected chi connectivity index (χ2v) is 5.01. The molecule has 1 aromatic heterocycles. The van der Waals surface area contributed by atoms with E-state index in [2.05, 4.69) is 34.2 Å². The van der Waals surface area contributed by atoms with Gasteiger partial charge in [-0.1, -0.05) is 18.7 Å². The average Bonchev–Trinajstić information content (AvgIpc) is 2.46. The van der Waals surface area contributed by atoms with Crippen LogP contribution in [-0.4, -0.2) is 12.1 Å². The zero-order valence-electron chi connectivity index (χ0n) is 10.6. The first-order valence-electron chi connectivity index (χ1n) is 5.77. The summed E-state index contributed by atoms with van der Waals surface area (Å²) in [5, 5.41) is 0. The highest BCUT2D eigenvalue weighted by Gasteiger charge is 2.11. The van der Waals surface area contributed by atoms with Crippen LogP contribution in [0.15, 0.2) is 43.1 Å². The molecule has 0 N–H and O–H groups in total. The van der Waals surface area contributed by atoms with Gasteiger partial charge in [0.05, 0.1) is 16.4 Å². The van der Waals surface area contributed by atoms with Gasteiger partial charge < -0.3 is 9.47 Å². The molecule has 0 aliphatic rings. The molecule has 0 unspecified atom stereocenters. The van der Waals surface area contributed by atoms with E-state index in [1.807, 2.05) is 30.3 Å². The molecule has 2 aromatic rings. The minimum absolute atomic E-state index is 0.417. The number of benzene rings is 1. The predicted octanol–water partition coefficient (Wildman–Crippen LogP) is 3.92. The van der Waals surface area contributed by atoms with Gasteiger partial charge in [-0.05, 0) is 52.4 Å². The number of pyridine rings is 1. The maximum atomic E-state index is 5.82. The molecule has 0 saturated carbocycles. The topological polar surface area (TPSA) is 31.4 Å². The Morgan fingerprint density at radius 1 is 1.37 bits per heavy atom. The van der Waals surface area contributed by atoms with Crippen molar-refractivity contribution in [2.45, 2.75) is 6.61 Å². The first kappa shape index (κ1) is 13.9. The van der Waals surface area contributed by atoms with Crippen molar-refractivity contribution in [3.63, 3.8) is 0 Å². The van der Waals surface area contributed by atoms with Gasteiger partial charge in [-0.25, -0.2) is 0 Å². The monoisotopic (exact) mass is 367 g/mol. The van der Waals surface area contributed by atoms with Crippen molar-refractivity contribution in [2.24, 2.45) is 0 Å². The normalized spacial score (nSPS) is 10.0. The molecule has 2 rings (SSSR count). The van der Waals surface area contributed by atoms with Gasteiger partial charge >= 0.3 is 0 Å². The van der Waals surface area contributed by atoms with Crippen LogP contribution in [0.4, 0.5) is 0 Å². The third-order valence-corrected chi connectivity index (χ3v) is 3.38. The molecule has 1 aromatic carbocycles. The molecule has 3 nitrogen and oxygen atoms in total. The van der Waals surface area contributed by atoms with Crippen LogP contribution in [0.2, 0.25) is 0 Å². The fourth-order valence-electron chi connectivity index (χ4n) is 1.63. The van der Waals surface area contributed by atoms with Crippen molar-refractivity contribution in [3.05, 3.63) is 57.9 Å². The van der Waals surface area contributed by atoms with Gasteiger partial charge in [0, 0.05) is 6.20 Å². The molecular weight excluding hydrogens is 353 g/mol. The highest BCUT2D eigenvalue weighted by atomic mass is 127. The van der Waals surface area contributed by atoms with E-state index in [0.717, 1.165) is 20.6 Å². The minimum Gasteiger partial charge on any atom is -0.493 e. The van der Waals surface area contributed by atoms with Crippen LogP contribution in [0.25, 0.3) is 6.08 Å². The molecule has 19 heavy (non-hydrogen) atoms. The Hall–Kier alpha value is -1.56. The number of methoxy groups -OCH3 is 1. The van der Waals surface area contributed by atoms with Gasteiger partial charge in [-0.15, -0.1) is 0 Å². The molecule has 0 saturated heterocycles. The van der Waals surface area contributed by atoms with Crippen molar-refractivity contribution >= 4 is 28.7 Å². The van der Waals surface area contributed by atoms with Crippen LogP contribution < -0.4 is 9.47 Å². The van der Waals surface area contributed by atoms with E-state index >= 15 is 0 Å². The van der Waals surface area contributed by atoms with Crippen LogP contribution in [-0.2, 0) is 6.61 Å². The van der Waals surface area contributed by atoms with E-state index in [-0.39, 0.29) is 0 Å². The lowest BCUT2D eigenvalue weighted by Crippen LogP contribution is -2.01. The Bertz CT molecular complexity index is 570. The van der Waals surface area contributed by atoms with E-state index in [4.69, 9.17) is 9.47 Å². The predicted molar refractivity (Wildman–Crippen MR) is 84.4 cm³/mol. The summed E-state index contributed by atoms with van der Waals surface area (Å²) in [5.74, 6) is 1.44. The van der Waals surface area contributed by atoms with Crippen LogP contribution in [0.5, 0.6) is 11.5 Å². The summed E-state index contributed by atoms with van der Waals surface area (Å²) < 4.78 is 12.2. The number of halogens is 1. The number of aromatic nitrogens is 1. The van der Waals surface area contributed by atoms with Gasteiger partial charge in [0.15, 0.2) is 11.5 Å². The summed E-state index contributed by atoms with van der Waals surface area (Å²) in [6.45, 7) is 4.18. The van der Waals surface area contributed by atoms with Crippen LogP contribution in [0, 0.1) is 3.57 Å². The Labute approximate surface area is 126 Å². The largest absolute Gasteiger partial charge is 0.493 e. The van der Waals surface area contributed by atoms with Crippen molar-refractivity contribution < 1.29 is 9.47 Å². The Kier molecular flexibility index (Phi) is 4.79. The summed E-state index contributed by atoms with van der Waals surface area (Å²) in [4.78, 5) is 4.23. The fourth-order valence-corrected chi connectivity index (χ4v) is 2.41. The number of nitrogens with zero attached hydrogens (tertiary/aromatic N) is 1. The Morgan fingerprint density at radius 3 is 2.84 bits per heavy atom. The Morgan fingerprint density at radius 2 is 2.21 bits per heavy atom. The molecule has 0 radical (unpaired) electrons. The summed E-state index contributed by atoms with van der Waals surface area (Å²) in [7, 11) is 1.63. The van der Waals surface area contributed by atoms with E-state index in [1.165, 1.54) is 0 Å². The smallest absolute Gasteiger partial charge is 0.175 e. The lowest BCUT2D eigenvalue weighted by molar-refractivity contribution is 0.278. The molecule has 0 aliphatic heterocycles. The fraction of sp³-hybridized carbons (Fsp3) is 0.133. The molecule has 1 heterocycles. The molecule has 0 amide bonds. The van der Waals surface area contributed by atoms with Crippen molar-refractivity contribution in [1.29, 1.82) is 0 Å². The Balaban J connectivity index is 2.22. The molecular formula is C15H14INO2. The first-order valence-corrected chi connectivity index (χ1v) is 6.85. The molecule has 0 atom stereocenters. The van der Waals surface area contributed by atoms with E-state index in [1.54, 1.807) is 19.4 Å². The van der Waals surface area contributed by atoms with Gasteiger partial charge in [-0.2, -0.15) is 0 Å². The molecule has 0 fully saturated rings. The average molecular weight is 367 g/mol. The minimum atomic E-state index is 0.417. The molecule has 0 bridgehead atoms. The number of ether oxygens (including phenoxy) is 2. The maximum Gasteiger partial charge on any atom is 0.175 e. The molecule has 4 heteroatoms. The maximum absolute atomic E-state index is 5.82. The third kappa shape index (κ3) is 3.47. The second-order valence-electron chi connectivity index (χ2n) is 3.85. The van der Waals surface area contributed by atoms with E-state index in [0.29, 0.717) is 12.4 Å². The lowest BCUT2D eigenvalue weighted by atomic mass is 10.2. The van der Waals surface area contributed by atoms with Crippen LogP contribution in [0.1, 0.15) is 11.3 Å². The summed E-state index contributed by atoms with van der Waals surface area (Å²) in [5.41, 5.74) is 1.89. The highest BCUT2D eigenvalue weighted by molar-refractivity contribution is 14.1. The number of rotatable bonds is 5. The number of hydrogen-bond donors (Lipinski definition) is 0. The SMILES string of the molecule is C=Cc1cc(I)c(OCc2ccccn2)c(OC)c1. The van der Waals surface area contributed by atoms with Gasteiger partial charge in [0.2, 0.25) is 0 Å². The zero-order valence-corrected chi connectivity index (χ0v) is 12.8. The highest BCUT2D eigenvalue weighted by Crippen LogP contribution is 2.34. The quantitative estimate of drug-likeness (QED) is 0.751. The lowest BCUT2D eigenvalue weighted by Gasteiger charge is -2.13. The van der Waals surface area contributed by atoms with Crippen LogP contribution in [0.3, 0.4) is 0 Å². The van der Waals surface area contributed by atoms with Crippen molar-refractivity contribution in [3.8, 4) is 11.5 Å². The summed E-state index contributed by atoms with van der Waals surface area (Å²) in [6.07, 6.45) is 3.54. The van der Waals surface area contributed by atoms with Gasteiger partial charge in [-0.3, -0.25) is 4.98 Å². The van der Waals surface area contributed by atoms with E-state index < -0.39 is 0 Å². The van der Waals surface area contributed by atoms with E-state index in [9.17, 15) is 0 Å². The van der Waals surface area contributed by atoms with Crippen molar-refractivity contribution in [2.75, 3.05) is 7.11 Å².